The van der Waals surface area contributed by atoms with Gasteiger partial charge in [-0.2, -0.15) is 0 Å². The van der Waals surface area contributed by atoms with Crippen molar-refractivity contribution >= 4 is 11.9 Å². The molecule has 2 aliphatic carbocycles. The molecule has 2 rings (SSSR count). The molecule has 0 bridgehead atoms. The third kappa shape index (κ3) is 1.13. The van der Waals surface area contributed by atoms with Gasteiger partial charge in [0.2, 0.25) is 5.60 Å². The Kier molecular flexibility index (Phi) is 2.01. The van der Waals surface area contributed by atoms with E-state index in [9.17, 15) is 9.59 Å². The highest BCUT2D eigenvalue weighted by Crippen LogP contribution is 2.61. The number of ether oxygens (including phenoxy) is 1. The summed E-state index contributed by atoms with van der Waals surface area (Å²) in [6, 6.07) is 0. The lowest BCUT2D eigenvalue weighted by atomic mass is 10.0. The Morgan fingerprint density at radius 3 is 2.14 bits per heavy atom. The predicted molar refractivity (Wildman–Crippen MR) is 47.6 cm³/mol. The first-order valence-corrected chi connectivity index (χ1v) is 5.02. The van der Waals surface area contributed by atoms with Crippen molar-refractivity contribution < 1.29 is 19.4 Å². The second-order valence-corrected chi connectivity index (χ2v) is 4.19. The Morgan fingerprint density at radius 1 is 1.29 bits per heavy atom. The van der Waals surface area contributed by atoms with Crippen LogP contribution in [-0.4, -0.2) is 22.6 Å². The fraction of sp³-hybridized carbons (Fsp3) is 0.800. The lowest BCUT2D eigenvalue weighted by molar-refractivity contribution is -0.168. The number of hydrogen-bond acceptors (Lipinski definition) is 3. The van der Waals surface area contributed by atoms with E-state index in [0.717, 1.165) is 25.7 Å². The fourth-order valence-electron chi connectivity index (χ4n) is 2.82. The van der Waals surface area contributed by atoms with Crippen LogP contribution in [-0.2, 0) is 14.3 Å². The normalized spacial score (nSPS) is 39.8. The van der Waals surface area contributed by atoms with Crippen LogP contribution in [0.25, 0.3) is 0 Å². The molecular weight excluding hydrogens is 184 g/mol. The maximum absolute atomic E-state index is 11.1. The molecule has 2 aliphatic rings. The van der Waals surface area contributed by atoms with E-state index in [1.807, 2.05) is 0 Å². The molecule has 2 unspecified atom stereocenters. The number of rotatable bonds is 2. The van der Waals surface area contributed by atoms with E-state index in [4.69, 9.17) is 9.84 Å². The quantitative estimate of drug-likeness (QED) is 0.677. The molecule has 4 heteroatoms. The Balaban J connectivity index is 2.17. The maximum Gasteiger partial charge on any atom is 0.348 e. The third-order valence-corrected chi connectivity index (χ3v) is 3.41. The van der Waals surface area contributed by atoms with Crippen LogP contribution in [0.1, 0.15) is 32.6 Å². The molecule has 1 N–H and O–H groups in total. The highest BCUT2D eigenvalue weighted by Gasteiger charge is 2.73. The summed E-state index contributed by atoms with van der Waals surface area (Å²) in [7, 11) is 0. The number of carbonyl (C=O) groups excluding carboxylic acids is 1. The second kappa shape index (κ2) is 2.97. The number of carboxylic acids is 1. The topological polar surface area (TPSA) is 63.6 Å². The zero-order valence-electron chi connectivity index (χ0n) is 8.16. The zero-order valence-corrected chi connectivity index (χ0v) is 8.16. The molecule has 2 saturated carbocycles. The number of carbonyl (C=O) groups is 2. The summed E-state index contributed by atoms with van der Waals surface area (Å²) in [4.78, 5) is 22.0. The molecule has 78 valence electrons. The Bertz CT molecular complexity index is 272. The van der Waals surface area contributed by atoms with Crippen LogP contribution in [0.15, 0.2) is 0 Å². The van der Waals surface area contributed by atoms with Crippen molar-refractivity contribution in [2.75, 3.05) is 0 Å². The SMILES string of the molecule is CC(=O)OC1(C(=O)O)C2CCCCC21. The average molecular weight is 198 g/mol. The first-order valence-electron chi connectivity index (χ1n) is 5.02. The van der Waals surface area contributed by atoms with Crippen LogP contribution >= 0.6 is 0 Å². The predicted octanol–water partition coefficient (Wildman–Crippen LogP) is 1.19. The fourth-order valence-corrected chi connectivity index (χ4v) is 2.82. The minimum atomic E-state index is -1.16. The smallest absolute Gasteiger partial charge is 0.348 e. The molecule has 0 aromatic carbocycles. The summed E-state index contributed by atoms with van der Waals surface area (Å²) >= 11 is 0. The van der Waals surface area contributed by atoms with Gasteiger partial charge in [-0.15, -0.1) is 0 Å². The first kappa shape index (κ1) is 9.49. The monoisotopic (exact) mass is 198 g/mol. The van der Waals surface area contributed by atoms with Gasteiger partial charge in [-0.05, 0) is 12.8 Å². The van der Waals surface area contributed by atoms with E-state index in [0.29, 0.717) is 0 Å². The van der Waals surface area contributed by atoms with Crippen LogP contribution in [0.3, 0.4) is 0 Å². The van der Waals surface area contributed by atoms with Gasteiger partial charge in [-0.1, -0.05) is 12.8 Å². The minimum Gasteiger partial charge on any atom is -0.478 e. The van der Waals surface area contributed by atoms with Gasteiger partial charge in [0.1, 0.15) is 0 Å². The van der Waals surface area contributed by atoms with Crippen LogP contribution in [0, 0.1) is 11.8 Å². The lowest BCUT2D eigenvalue weighted by Gasteiger charge is -2.12. The molecule has 14 heavy (non-hydrogen) atoms. The van der Waals surface area contributed by atoms with Crippen molar-refractivity contribution in [2.24, 2.45) is 11.8 Å². The van der Waals surface area contributed by atoms with Crippen LogP contribution in [0.2, 0.25) is 0 Å². The van der Waals surface area contributed by atoms with Crippen molar-refractivity contribution in [2.45, 2.75) is 38.2 Å². The molecule has 0 spiro atoms. The van der Waals surface area contributed by atoms with Crippen LogP contribution in [0.5, 0.6) is 0 Å². The molecule has 0 aromatic heterocycles. The Hall–Kier alpha value is -1.06. The van der Waals surface area contributed by atoms with Gasteiger partial charge in [0.15, 0.2) is 0 Å². The maximum atomic E-state index is 11.1. The van der Waals surface area contributed by atoms with E-state index < -0.39 is 17.5 Å². The number of hydrogen-bond donors (Lipinski definition) is 1. The number of esters is 1. The first-order chi connectivity index (χ1) is 6.59. The molecule has 0 amide bonds. The van der Waals surface area contributed by atoms with E-state index in [2.05, 4.69) is 0 Å². The highest BCUT2D eigenvalue weighted by atomic mass is 16.6. The summed E-state index contributed by atoms with van der Waals surface area (Å²) in [6.07, 6.45) is 3.86. The van der Waals surface area contributed by atoms with E-state index in [1.54, 1.807) is 0 Å². The number of aliphatic carboxylic acids is 1. The molecule has 2 fully saturated rings. The van der Waals surface area contributed by atoms with Crippen LogP contribution in [0.4, 0.5) is 0 Å². The van der Waals surface area contributed by atoms with Crippen molar-refractivity contribution in [3.05, 3.63) is 0 Å². The zero-order chi connectivity index (χ0) is 10.3. The molecular formula is C10H14O4. The average Bonchev–Trinajstić information content (AvgIpc) is 2.75. The molecule has 0 saturated heterocycles. The van der Waals surface area contributed by atoms with E-state index in [-0.39, 0.29) is 11.8 Å². The molecule has 4 nitrogen and oxygen atoms in total. The van der Waals surface area contributed by atoms with Crippen molar-refractivity contribution in [3.8, 4) is 0 Å². The van der Waals surface area contributed by atoms with Crippen molar-refractivity contribution in [1.82, 2.24) is 0 Å². The Labute approximate surface area is 82.2 Å². The lowest BCUT2D eigenvalue weighted by Crippen LogP contribution is -2.32. The largest absolute Gasteiger partial charge is 0.478 e. The summed E-state index contributed by atoms with van der Waals surface area (Å²) in [6.45, 7) is 1.27. The molecule has 0 radical (unpaired) electrons. The molecule has 2 atom stereocenters. The van der Waals surface area contributed by atoms with E-state index >= 15 is 0 Å². The van der Waals surface area contributed by atoms with Gasteiger partial charge in [-0.3, -0.25) is 4.79 Å². The molecule has 0 aliphatic heterocycles. The van der Waals surface area contributed by atoms with Gasteiger partial charge in [0.05, 0.1) is 0 Å². The highest BCUT2D eigenvalue weighted by molar-refractivity contribution is 5.86. The standard InChI is InChI=1S/C10H14O4/c1-6(11)14-10(9(12)13)7-4-2-3-5-8(7)10/h7-8H,2-5H2,1H3,(H,12,13). The third-order valence-electron chi connectivity index (χ3n) is 3.41. The summed E-state index contributed by atoms with van der Waals surface area (Å²) in [5, 5.41) is 9.11. The van der Waals surface area contributed by atoms with Gasteiger partial charge in [0, 0.05) is 18.8 Å². The van der Waals surface area contributed by atoms with E-state index in [1.165, 1.54) is 6.92 Å². The van der Waals surface area contributed by atoms with Crippen molar-refractivity contribution in [3.63, 3.8) is 0 Å². The summed E-state index contributed by atoms with van der Waals surface area (Å²) < 4.78 is 5.02. The van der Waals surface area contributed by atoms with Gasteiger partial charge >= 0.3 is 11.9 Å². The van der Waals surface area contributed by atoms with Crippen LogP contribution < -0.4 is 0 Å². The van der Waals surface area contributed by atoms with Crippen molar-refractivity contribution in [1.29, 1.82) is 0 Å². The second-order valence-electron chi connectivity index (χ2n) is 4.19. The van der Waals surface area contributed by atoms with Gasteiger partial charge in [0.25, 0.3) is 0 Å². The Morgan fingerprint density at radius 2 is 1.79 bits per heavy atom. The summed E-state index contributed by atoms with van der Waals surface area (Å²) in [5.74, 6) is -1.32. The molecule has 0 heterocycles. The molecule has 0 aromatic rings. The minimum absolute atomic E-state index is 0.0673. The number of fused-ring (bicyclic) bond motifs is 1. The van der Waals surface area contributed by atoms with Gasteiger partial charge in [-0.25, -0.2) is 4.79 Å². The number of carboxylic acid groups (broad SMARTS) is 1. The summed E-state index contributed by atoms with van der Waals surface area (Å²) in [5.41, 5.74) is -1.16. The van der Waals surface area contributed by atoms with Gasteiger partial charge < -0.3 is 9.84 Å².